The highest BCUT2D eigenvalue weighted by Crippen LogP contribution is 2.25. The zero-order chi connectivity index (χ0) is 19.2. The summed E-state index contributed by atoms with van der Waals surface area (Å²) in [5.74, 6) is 1.03. The van der Waals surface area contributed by atoms with Crippen molar-refractivity contribution in [1.82, 2.24) is 5.32 Å². The van der Waals surface area contributed by atoms with E-state index in [0.29, 0.717) is 28.0 Å². The number of furan rings is 1. The van der Waals surface area contributed by atoms with Gasteiger partial charge in [0.15, 0.2) is 0 Å². The topological polar surface area (TPSA) is 63.5 Å². The Hall–Kier alpha value is -2.99. The minimum absolute atomic E-state index is 0.0206. The third-order valence-corrected chi connectivity index (χ3v) is 4.11. The van der Waals surface area contributed by atoms with Crippen molar-refractivity contribution in [3.8, 4) is 17.1 Å². The molecule has 3 rings (SSSR count). The predicted octanol–water partition coefficient (Wildman–Crippen LogP) is 4.48. The van der Waals surface area contributed by atoms with E-state index in [1.54, 1.807) is 18.2 Å². The number of methoxy groups -OCH3 is 1. The average Bonchev–Trinajstić information content (AvgIpc) is 3.15. The largest absolute Gasteiger partial charge is 0.494 e. The first-order chi connectivity index (χ1) is 13.0. The van der Waals surface area contributed by atoms with Gasteiger partial charge >= 0.3 is 0 Å². The molecule has 0 saturated carbocycles. The standard InChI is InChI=1S/C20H18ClFN2O3/c1-26-19-10-15(22)6-8-17(19)23-12-20(25)24-11-16-7-9-18(27-16)13-2-4-14(21)5-3-13/h2-10,23H,11-12H2,1H3,(H,24,25). The Morgan fingerprint density at radius 1 is 1.15 bits per heavy atom. The molecule has 1 heterocycles. The molecule has 1 aromatic heterocycles. The van der Waals surface area contributed by atoms with E-state index >= 15 is 0 Å². The van der Waals surface area contributed by atoms with E-state index in [2.05, 4.69) is 10.6 Å². The summed E-state index contributed by atoms with van der Waals surface area (Å²) in [4.78, 5) is 12.0. The Morgan fingerprint density at radius 3 is 2.67 bits per heavy atom. The molecule has 0 saturated heterocycles. The van der Waals surface area contributed by atoms with Crippen LogP contribution in [0.5, 0.6) is 5.75 Å². The van der Waals surface area contributed by atoms with Crippen LogP contribution in [0, 0.1) is 5.82 Å². The van der Waals surface area contributed by atoms with Crippen molar-refractivity contribution in [2.75, 3.05) is 19.0 Å². The van der Waals surface area contributed by atoms with Crippen LogP contribution in [0.3, 0.4) is 0 Å². The van der Waals surface area contributed by atoms with Crippen molar-refractivity contribution in [3.05, 3.63) is 71.2 Å². The lowest BCUT2D eigenvalue weighted by Crippen LogP contribution is -2.29. The zero-order valence-corrected chi connectivity index (χ0v) is 15.3. The predicted molar refractivity (Wildman–Crippen MR) is 102 cm³/mol. The number of amides is 1. The molecule has 0 unspecified atom stereocenters. The zero-order valence-electron chi connectivity index (χ0n) is 14.6. The van der Waals surface area contributed by atoms with Gasteiger partial charge in [0.2, 0.25) is 5.91 Å². The van der Waals surface area contributed by atoms with Crippen LogP contribution in [0.1, 0.15) is 5.76 Å². The number of carbonyl (C=O) groups excluding carboxylic acids is 1. The second kappa shape index (κ2) is 8.60. The summed E-state index contributed by atoms with van der Waals surface area (Å²) in [6, 6.07) is 15.0. The summed E-state index contributed by atoms with van der Waals surface area (Å²) in [5, 5.41) is 6.33. The van der Waals surface area contributed by atoms with Gasteiger partial charge in [0.1, 0.15) is 23.1 Å². The molecule has 140 valence electrons. The second-order valence-corrected chi connectivity index (χ2v) is 6.18. The van der Waals surface area contributed by atoms with Crippen LogP contribution in [-0.2, 0) is 11.3 Å². The number of nitrogens with one attached hydrogen (secondary N) is 2. The van der Waals surface area contributed by atoms with Gasteiger partial charge in [-0.05, 0) is 48.5 Å². The van der Waals surface area contributed by atoms with Crippen LogP contribution in [0.25, 0.3) is 11.3 Å². The van der Waals surface area contributed by atoms with Gasteiger partial charge in [-0.15, -0.1) is 0 Å². The van der Waals surface area contributed by atoms with Gasteiger partial charge in [-0.25, -0.2) is 4.39 Å². The number of rotatable bonds is 7. The lowest BCUT2D eigenvalue weighted by Gasteiger charge is -2.11. The molecule has 7 heteroatoms. The molecule has 0 aliphatic carbocycles. The number of anilines is 1. The fraction of sp³-hybridized carbons (Fsp3) is 0.150. The van der Waals surface area contributed by atoms with Crippen LogP contribution in [-0.4, -0.2) is 19.6 Å². The number of ether oxygens (including phenoxy) is 1. The number of benzene rings is 2. The van der Waals surface area contributed by atoms with E-state index in [1.807, 2.05) is 18.2 Å². The molecule has 0 bridgehead atoms. The number of hydrogen-bond acceptors (Lipinski definition) is 4. The number of halogens is 2. The molecule has 2 N–H and O–H groups in total. The van der Waals surface area contributed by atoms with Crippen molar-refractivity contribution < 1.29 is 18.3 Å². The fourth-order valence-corrected chi connectivity index (χ4v) is 2.60. The molecule has 0 fully saturated rings. The fourth-order valence-electron chi connectivity index (χ4n) is 2.48. The lowest BCUT2D eigenvalue weighted by atomic mass is 10.2. The summed E-state index contributed by atoms with van der Waals surface area (Å²) in [6.45, 7) is 0.279. The number of carbonyl (C=O) groups is 1. The highest BCUT2D eigenvalue weighted by molar-refractivity contribution is 6.30. The summed E-state index contributed by atoms with van der Waals surface area (Å²) < 4.78 is 24.0. The lowest BCUT2D eigenvalue weighted by molar-refractivity contribution is -0.119. The van der Waals surface area contributed by atoms with Crippen molar-refractivity contribution in [2.45, 2.75) is 6.54 Å². The Balaban J connectivity index is 1.52. The highest BCUT2D eigenvalue weighted by Gasteiger charge is 2.09. The van der Waals surface area contributed by atoms with Crippen molar-refractivity contribution in [1.29, 1.82) is 0 Å². The van der Waals surface area contributed by atoms with Crippen molar-refractivity contribution in [3.63, 3.8) is 0 Å². The molecular formula is C20H18ClFN2O3. The molecule has 0 spiro atoms. The first kappa shape index (κ1) is 18.8. The van der Waals surface area contributed by atoms with E-state index in [9.17, 15) is 9.18 Å². The Kier molecular flexibility index (Phi) is 5.98. The Bertz CT molecular complexity index is 925. The van der Waals surface area contributed by atoms with Crippen LogP contribution in [0.4, 0.5) is 10.1 Å². The molecule has 2 aromatic carbocycles. The third-order valence-electron chi connectivity index (χ3n) is 3.85. The minimum Gasteiger partial charge on any atom is -0.494 e. The van der Waals surface area contributed by atoms with Gasteiger partial charge in [-0.3, -0.25) is 4.79 Å². The van der Waals surface area contributed by atoms with Crippen molar-refractivity contribution >= 4 is 23.2 Å². The average molecular weight is 389 g/mol. The van der Waals surface area contributed by atoms with Gasteiger partial charge in [0.05, 0.1) is 25.9 Å². The van der Waals surface area contributed by atoms with Crippen LogP contribution < -0.4 is 15.4 Å². The summed E-state index contributed by atoms with van der Waals surface area (Å²) in [6.07, 6.45) is 0. The minimum atomic E-state index is -0.406. The van der Waals surface area contributed by atoms with E-state index in [-0.39, 0.29) is 19.0 Å². The van der Waals surface area contributed by atoms with E-state index in [0.717, 1.165) is 5.56 Å². The van der Waals surface area contributed by atoms with Crippen LogP contribution in [0.2, 0.25) is 5.02 Å². The molecule has 0 radical (unpaired) electrons. The van der Waals surface area contributed by atoms with E-state index < -0.39 is 5.82 Å². The van der Waals surface area contributed by atoms with Crippen molar-refractivity contribution in [2.24, 2.45) is 0 Å². The molecule has 0 aliphatic heterocycles. The quantitative estimate of drug-likeness (QED) is 0.626. The smallest absolute Gasteiger partial charge is 0.239 e. The van der Waals surface area contributed by atoms with Crippen LogP contribution in [0.15, 0.2) is 59.0 Å². The maximum Gasteiger partial charge on any atom is 0.239 e. The Labute approximate surface area is 161 Å². The van der Waals surface area contributed by atoms with Gasteiger partial charge in [-0.2, -0.15) is 0 Å². The highest BCUT2D eigenvalue weighted by atomic mass is 35.5. The summed E-state index contributed by atoms with van der Waals surface area (Å²) >= 11 is 5.88. The molecule has 0 atom stereocenters. The molecule has 5 nitrogen and oxygen atoms in total. The maximum atomic E-state index is 13.2. The van der Waals surface area contributed by atoms with E-state index in [4.69, 9.17) is 20.8 Å². The Morgan fingerprint density at radius 2 is 1.93 bits per heavy atom. The van der Waals surface area contributed by atoms with Gasteiger partial charge in [-0.1, -0.05) is 11.6 Å². The molecule has 0 aliphatic rings. The molecule has 1 amide bonds. The first-order valence-electron chi connectivity index (χ1n) is 8.24. The van der Waals surface area contributed by atoms with E-state index in [1.165, 1.54) is 25.3 Å². The first-order valence-corrected chi connectivity index (χ1v) is 8.61. The SMILES string of the molecule is COc1cc(F)ccc1NCC(=O)NCc1ccc(-c2ccc(Cl)cc2)o1. The van der Waals surface area contributed by atoms with Gasteiger partial charge < -0.3 is 19.8 Å². The summed E-state index contributed by atoms with van der Waals surface area (Å²) in [7, 11) is 1.44. The second-order valence-electron chi connectivity index (χ2n) is 5.75. The monoisotopic (exact) mass is 388 g/mol. The normalized spacial score (nSPS) is 10.5. The molecular weight excluding hydrogens is 371 g/mol. The number of hydrogen-bond donors (Lipinski definition) is 2. The van der Waals surface area contributed by atoms with Gasteiger partial charge in [0.25, 0.3) is 0 Å². The maximum absolute atomic E-state index is 13.2. The third kappa shape index (κ3) is 5.01. The summed E-state index contributed by atoms with van der Waals surface area (Å²) in [5.41, 5.74) is 1.44. The van der Waals surface area contributed by atoms with Gasteiger partial charge in [0, 0.05) is 16.7 Å². The molecule has 27 heavy (non-hydrogen) atoms. The van der Waals surface area contributed by atoms with Crippen LogP contribution >= 0.6 is 11.6 Å². The molecule has 3 aromatic rings.